The van der Waals surface area contributed by atoms with E-state index < -0.39 is 5.82 Å². The van der Waals surface area contributed by atoms with E-state index in [1.54, 1.807) is 18.2 Å². The highest BCUT2D eigenvalue weighted by Gasteiger charge is 2.09. The summed E-state index contributed by atoms with van der Waals surface area (Å²) >= 11 is 3.26. The molecule has 4 heteroatoms. The molecule has 0 aromatic heterocycles. The van der Waals surface area contributed by atoms with Crippen molar-refractivity contribution in [1.29, 1.82) is 0 Å². The number of nitrogens with one attached hydrogen (secondary N) is 1. The molecule has 0 aliphatic heterocycles. The summed E-state index contributed by atoms with van der Waals surface area (Å²) in [5.41, 5.74) is 1.97. The molecule has 2 rings (SSSR count). The van der Waals surface area contributed by atoms with Gasteiger partial charge in [-0.3, -0.25) is 4.79 Å². The fraction of sp³-hybridized carbons (Fsp3) is 0.0714. The summed E-state index contributed by atoms with van der Waals surface area (Å²) in [6.45, 7) is 1.91. The molecule has 0 unspecified atom stereocenters. The van der Waals surface area contributed by atoms with Crippen LogP contribution in [-0.4, -0.2) is 5.91 Å². The smallest absolute Gasteiger partial charge is 0.255 e. The summed E-state index contributed by atoms with van der Waals surface area (Å²) in [6, 6.07) is 11.4. The summed E-state index contributed by atoms with van der Waals surface area (Å²) in [6.07, 6.45) is 0. The van der Waals surface area contributed by atoms with Gasteiger partial charge in [-0.25, -0.2) is 4.39 Å². The zero-order valence-electron chi connectivity index (χ0n) is 9.71. The first-order valence-electron chi connectivity index (χ1n) is 5.39. The first-order chi connectivity index (χ1) is 8.56. The van der Waals surface area contributed by atoms with E-state index in [1.165, 1.54) is 12.1 Å². The van der Waals surface area contributed by atoms with Crippen molar-refractivity contribution in [3.63, 3.8) is 0 Å². The van der Waals surface area contributed by atoms with E-state index >= 15 is 0 Å². The summed E-state index contributed by atoms with van der Waals surface area (Å²) in [7, 11) is 0. The van der Waals surface area contributed by atoms with E-state index in [1.807, 2.05) is 19.1 Å². The number of aryl methyl sites for hydroxylation is 1. The monoisotopic (exact) mass is 307 g/mol. The molecule has 0 bridgehead atoms. The summed E-state index contributed by atoms with van der Waals surface area (Å²) in [5, 5.41) is 2.67. The Kier molecular flexibility index (Phi) is 3.77. The molecule has 0 fully saturated rings. The van der Waals surface area contributed by atoms with Crippen molar-refractivity contribution < 1.29 is 9.18 Å². The van der Waals surface area contributed by atoms with Gasteiger partial charge in [-0.05, 0) is 53.2 Å². The Balaban J connectivity index is 2.24. The van der Waals surface area contributed by atoms with Crippen LogP contribution in [0.25, 0.3) is 0 Å². The van der Waals surface area contributed by atoms with Gasteiger partial charge in [0.05, 0.1) is 5.69 Å². The average molecular weight is 308 g/mol. The minimum Gasteiger partial charge on any atom is -0.321 e. The van der Waals surface area contributed by atoms with Crippen LogP contribution in [-0.2, 0) is 0 Å². The first kappa shape index (κ1) is 12.8. The molecule has 0 aliphatic rings. The van der Waals surface area contributed by atoms with Crippen LogP contribution in [0.15, 0.2) is 46.9 Å². The van der Waals surface area contributed by atoms with Crippen molar-refractivity contribution in [2.45, 2.75) is 6.92 Å². The second kappa shape index (κ2) is 5.31. The number of hydrogen-bond donors (Lipinski definition) is 1. The van der Waals surface area contributed by atoms with Crippen LogP contribution in [0.1, 0.15) is 15.9 Å². The molecule has 0 radical (unpaired) electrons. The average Bonchev–Trinajstić information content (AvgIpc) is 2.34. The standard InChI is InChI=1S/C14H11BrFNO/c1-9-3-2-4-10(7-9)14(18)17-13-8-11(16)5-6-12(13)15/h2-8H,1H3,(H,17,18). The quantitative estimate of drug-likeness (QED) is 0.887. The van der Waals surface area contributed by atoms with Crippen LogP contribution in [0.4, 0.5) is 10.1 Å². The molecule has 2 nitrogen and oxygen atoms in total. The Bertz CT molecular complexity index is 598. The molecule has 18 heavy (non-hydrogen) atoms. The van der Waals surface area contributed by atoms with E-state index in [-0.39, 0.29) is 5.91 Å². The maximum absolute atomic E-state index is 13.1. The minimum absolute atomic E-state index is 0.259. The third kappa shape index (κ3) is 2.96. The molecule has 0 atom stereocenters. The van der Waals surface area contributed by atoms with Crippen molar-refractivity contribution in [2.24, 2.45) is 0 Å². The van der Waals surface area contributed by atoms with Gasteiger partial charge in [-0.1, -0.05) is 17.7 Å². The van der Waals surface area contributed by atoms with Gasteiger partial charge in [0, 0.05) is 10.0 Å². The second-order valence-electron chi connectivity index (χ2n) is 3.95. The van der Waals surface area contributed by atoms with Gasteiger partial charge in [0.15, 0.2) is 0 Å². The van der Waals surface area contributed by atoms with Gasteiger partial charge in [0.25, 0.3) is 5.91 Å². The van der Waals surface area contributed by atoms with Gasteiger partial charge >= 0.3 is 0 Å². The van der Waals surface area contributed by atoms with Crippen LogP contribution >= 0.6 is 15.9 Å². The van der Waals surface area contributed by atoms with Crippen molar-refractivity contribution in [1.82, 2.24) is 0 Å². The Morgan fingerprint density at radius 1 is 1.22 bits per heavy atom. The van der Waals surface area contributed by atoms with E-state index in [4.69, 9.17) is 0 Å². The molecule has 0 saturated carbocycles. The van der Waals surface area contributed by atoms with E-state index in [0.29, 0.717) is 15.7 Å². The van der Waals surface area contributed by atoms with Crippen molar-refractivity contribution in [3.8, 4) is 0 Å². The largest absolute Gasteiger partial charge is 0.321 e. The van der Waals surface area contributed by atoms with Crippen molar-refractivity contribution in [3.05, 3.63) is 63.9 Å². The zero-order chi connectivity index (χ0) is 13.1. The molecule has 0 saturated heterocycles. The zero-order valence-corrected chi connectivity index (χ0v) is 11.3. The SMILES string of the molecule is Cc1cccc(C(=O)Nc2cc(F)ccc2Br)c1. The second-order valence-corrected chi connectivity index (χ2v) is 4.80. The predicted molar refractivity (Wildman–Crippen MR) is 73.2 cm³/mol. The highest BCUT2D eigenvalue weighted by Crippen LogP contribution is 2.23. The molecular weight excluding hydrogens is 297 g/mol. The first-order valence-corrected chi connectivity index (χ1v) is 6.18. The van der Waals surface area contributed by atoms with Crippen LogP contribution in [0.5, 0.6) is 0 Å². The molecule has 0 aliphatic carbocycles. The Morgan fingerprint density at radius 2 is 2.00 bits per heavy atom. The Morgan fingerprint density at radius 3 is 2.72 bits per heavy atom. The third-order valence-corrected chi connectivity index (χ3v) is 3.15. The molecule has 92 valence electrons. The summed E-state index contributed by atoms with van der Waals surface area (Å²) < 4.78 is 13.7. The van der Waals surface area contributed by atoms with E-state index in [2.05, 4.69) is 21.2 Å². The van der Waals surface area contributed by atoms with Crippen molar-refractivity contribution >= 4 is 27.5 Å². The van der Waals surface area contributed by atoms with E-state index in [9.17, 15) is 9.18 Å². The van der Waals surface area contributed by atoms with Gasteiger partial charge in [0.2, 0.25) is 0 Å². The fourth-order valence-corrected chi connectivity index (χ4v) is 1.92. The lowest BCUT2D eigenvalue weighted by atomic mass is 10.1. The van der Waals surface area contributed by atoms with E-state index in [0.717, 1.165) is 5.56 Å². The minimum atomic E-state index is -0.391. The van der Waals surface area contributed by atoms with Gasteiger partial charge in [0.1, 0.15) is 5.82 Å². The normalized spacial score (nSPS) is 10.2. The maximum atomic E-state index is 13.1. The van der Waals surface area contributed by atoms with Gasteiger partial charge < -0.3 is 5.32 Å². The van der Waals surface area contributed by atoms with Crippen LogP contribution in [0, 0.1) is 12.7 Å². The van der Waals surface area contributed by atoms with Gasteiger partial charge in [-0.2, -0.15) is 0 Å². The molecule has 0 spiro atoms. The molecular formula is C14H11BrFNO. The van der Waals surface area contributed by atoms with Crippen molar-refractivity contribution in [2.75, 3.05) is 5.32 Å². The molecule has 2 aromatic rings. The number of hydrogen-bond acceptors (Lipinski definition) is 1. The molecule has 1 N–H and O–H groups in total. The number of rotatable bonds is 2. The number of halogens is 2. The van der Waals surface area contributed by atoms with Crippen LogP contribution in [0.3, 0.4) is 0 Å². The maximum Gasteiger partial charge on any atom is 0.255 e. The Labute approximate surface area is 113 Å². The third-order valence-electron chi connectivity index (χ3n) is 2.46. The number of carbonyl (C=O) groups is 1. The summed E-state index contributed by atoms with van der Waals surface area (Å²) in [5.74, 6) is -0.650. The molecule has 0 heterocycles. The molecule has 2 aromatic carbocycles. The lowest BCUT2D eigenvalue weighted by molar-refractivity contribution is 0.102. The number of carbonyl (C=O) groups excluding carboxylic acids is 1. The fourth-order valence-electron chi connectivity index (χ4n) is 1.57. The topological polar surface area (TPSA) is 29.1 Å². The van der Waals surface area contributed by atoms with Crippen LogP contribution < -0.4 is 5.32 Å². The Hall–Kier alpha value is -1.68. The number of amides is 1. The highest BCUT2D eigenvalue weighted by atomic mass is 79.9. The summed E-state index contributed by atoms with van der Waals surface area (Å²) in [4.78, 5) is 12.0. The highest BCUT2D eigenvalue weighted by molar-refractivity contribution is 9.10. The molecule has 1 amide bonds. The van der Waals surface area contributed by atoms with Gasteiger partial charge in [-0.15, -0.1) is 0 Å². The lowest BCUT2D eigenvalue weighted by Crippen LogP contribution is -2.12. The predicted octanol–water partition coefficient (Wildman–Crippen LogP) is 4.15. The number of anilines is 1. The lowest BCUT2D eigenvalue weighted by Gasteiger charge is -2.08. The number of benzene rings is 2. The van der Waals surface area contributed by atoms with Crippen LogP contribution in [0.2, 0.25) is 0 Å².